The molecule has 0 N–H and O–H groups in total. The standard InChI is InChI=1S/C12H11N/c1-2-4-11(3-1)5-6-12-7-9-13-10-8-12/h1,3-10H,2H2/b6-5+. The van der Waals surface area contributed by atoms with Crippen LogP contribution in [-0.4, -0.2) is 4.98 Å². The fourth-order valence-corrected chi connectivity index (χ4v) is 1.27. The zero-order valence-electron chi connectivity index (χ0n) is 7.35. The lowest BCUT2D eigenvalue weighted by Gasteiger charge is -1.90. The van der Waals surface area contributed by atoms with Crippen LogP contribution in [0.15, 0.2) is 54.4 Å². The largest absolute Gasteiger partial charge is 0.265 e. The van der Waals surface area contributed by atoms with Crippen molar-refractivity contribution >= 4 is 6.08 Å². The minimum Gasteiger partial charge on any atom is -0.265 e. The van der Waals surface area contributed by atoms with Gasteiger partial charge >= 0.3 is 0 Å². The van der Waals surface area contributed by atoms with Gasteiger partial charge in [0.1, 0.15) is 0 Å². The van der Waals surface area contributed by atoms with Crippen molar-refractivity contribution in [2.75, 3.05) is 0 Å². The summed E-state index contributed by atoms with van der Waals surface area (Å²) < 4.78 is 0. The molecule has 1 aliphatic carbocycles. The van der Waals surface area contributed by atoms with E-state index >= 15 is 0 Å². The molecule has 0 bridgehead atoms. The van der Waals surface area contributed by atoms with Crippen LogP contribution in [0, 0.1) is 0 Å². The van der Waals surface area contributed by atoms with Crippen molar-refractivity contribution in [3.8, 4) is 0 Å². The molecule has 1 aliphatic rings. The summed E-state index contributed by atoms with van der Waals surface area (Å²) in [6.07, 6.45) is 15.4. The van der Waals surface area contributed by atoms with Crippen molar-refractivity contribution in [1.82, 2.24) is 4.98 Å². The summed E-state index contributed by atoms with van der Waals surface area (Å²) >= 11 is 0. The minimum absolute atomic E-state index is 1.07. The van der Waals surface area contributed by atoms with Crippen LogP contribution in [0.25, 0.3) is 6.08 Å². The zero-order chi connectivity index (χ0) is 8.93. The van der Waals surface area contributed by atoms with E-state index in [1.807, 2.05) is 12.1 Å². The minimum atomic E-state index is 1.07. The van der Waals surface area contributed by atoms with Crippen molar-refractivity contribution in [3.63, 3.8) is 0 Å². The molecule has 1 aromatic heterocycles. The van der Waals surface area contributed by atoms with Gasteiger partial charge in [0.15, 0.2) is 0 Å². The normalized spacial score (nSPS) is 15.2. The molecule has 1 heteroatoms. The van der Waals surface area contributed by atoms with E-state index in [1.54, 1.807) is 12.4 Å². The highest BCUT2D eigenvalue weighted by atomic mass is 14.6. The maximum absolute atomic E-state index is 3.96. The second kappa shape index (κ2) is 3.85. The van der Waals surface area contributed by atoms with Gasteiger partial charge in [-0.05, 0) is 29.7 Å². The lowest BCUT2D eigenvalue weighted by molar-refractivity contribution is 1.32. The Balaban J connectivity index is 2.10. The molecule has 1 nitrogen and oxygen atoms in total. The molecule has 0 aliphatic heterocycles. The lowest BCUT2D eigenvalue weighted by Crippen LogP contribution is -1.72. The molecular weight excluding hydrogens is 158 g/mol. The smallest absolute Gasteiger partial charge is 0.0273 e. The van der Waals surface area contributed by atoms with E-state index in [4.69, 9.17) is 0 Å². The van der Waals surface area contributed by atoms with Gasteiger partial charge < -0.3 is 0 Å². The molecule has 0 fully saturated rings. The first kappa shape index (κ1) is 7.99. The van der Waals surface area contributed by atoms with E-state index in [-0.39, 0.29) is 0 Å². The van der Waals surface area contributed by atoms with E-state index in [0.29, 0.717) is 0 Å². The third-order valence-corrected chi connectivity index (χ3v) is 1.97. The average molecular weight is 169 g/mol. The van der Waals surface area contributed by atoms with Crippen molar-refractivity contribution < 1.29 is 0 Å². The second-order valence-electron chi connectivity index (χ2n) is 2.96. The van der Waals surface area contributed by atoms with E-state index < -0.39 is 0 Å². The fraction of sp³-hybridized carbons (Fsp3) is 0.0833. The van der Waals surface area contributed by atoms with Crippen molar-refractivity contribution in [1.29, 1.82) is 0 Å². The summed E-state index contributed by atoms with van der Waals surface area (Å²) in [6, 6.07) is 3.99. The summed E-state index contributed by atoms with van der Waals surface area (Å²) in [7, 11) is 0. The van der Waals surface area contributed by atoms with Crippen LogP contribution in [0.1, 0.15) is 12.0 Å². The van der Waals surface area contributed by atoms with E-state index in [9.17, 15) is 0 Å². The Hall–Kier alpha value is -1.63. The molecule has 0 amide bonds. The third-order valence-electron chi connectivity index (χ3n) is 1.97. The highest BCUT2D eigenvalue weighted by Crippen LogP contribution is 2.11. The van der Waals surface area contributed by atoms with Crippen molar-refractivity contribution in [2.45, 2.75) is 6.42 Å². The molecule has 0 aromatic carbocycles. The van der Waals surface area contributed by atoms with Crippen LogP contribution in [-0.2, 0) is 0 Å². The van der Waals surface area contributed by atoms with Gasteiger partial charge in [-0.2, -0.15) is 0 Å². The molecular formula is C12H11N. The summed E-state index contributed by atoms with van der Waals surface area (Å²) in [5.41, 5.74) is 2.48. The number of aromatic nitrogens is 1. The van der Waals surface area contributed by atoms with Crippen LogP contribution in [0.5, 0.6) is 0 Å². The van der Waals surface area contributed by atoms with Gasteiger partial charge in [-0.3, -0.25) is 4.98 Å². The first-order valence-corrected chi connectivity index (χ1v) is 4.40. The molecule has 1 heterocycles. The Morgan fingerprint density at radius 2 is 2.00 bits per heavy atom. The first-order chi connectivity index (χ1) is 6.45. The van der Waals surface area contributed by atoms with Gasteiger partial charge in [0.2, 0.25) is 0 Å². The van der Waals surface area contributed by atoms with Crippen LogP contribution < -0.4 is 0 Å². The maximum Gasteiger partial charge on any atom is 0.0273 e. The first-order valence-electron chi connectivity index (χ1n) is 4.40. The summed E-state index contributed by atoms with van der Waals surface area (Å²) in [5, 5.41) is 0. The number of hydrogen-bond donors (Lipinski definition) is 0. The Morgan fingerprint density at radius 3 is 2.69 bits per heavy atom. The lowest BCUT2D eigenvalue weighted by atomic mass is 10.2. The molecule has 0 radical (unpaired) electrons. The van der Waals surface area contributed by atoms with Crippen LogP contribution in [0.4, 0.5) is 0 Å². The van der Waals surface area contributed by atoms with Gasteiger partial charge in [0, 0.05) is 12.4 Å². The number of rotatable bonds is 2. The molecule has 0 saturated carbocycles. The monoisotopic (exact) mass is 169 g/mol. The Labute approximate surface area is 78.1 Å². The molecule has 2 rings (SSSR count). The van der Waals surface area contributed by atoms with E-state index in [1.165, 1.54) is 11.1 Å². The van der Waals surface area contributed by atoms with Crippen molar-refractivity contribution in [3.05, 3.63) is 60.0 Å². The Kier molecular flexibility index (Phi) is 2.37. The van der Waals surface area contributed by atoms with E-state index in [2.05, 4.69) is 35.4 Å². The topological polar surface area (TPSA) is 12.9 Å². The molecule has 0 atom stereocenters. The van der Waals surface area contributed by atoms with E-state index in [0.717, 1.165) is 6.42 Å². The maximum atomic E-state index is 3.96. The van der Waals surface area contributed by atoms with Crippen LogP contribution in [0.3, 0.4) is 0 Å². The quantitative estimate of drug-likeness (QED) is 0.663. The number of hydrogen-bond acceptors (Lipinski definition) is 1. The molecule has 0 spiro atoms. The number of allylic oxidation sites excluding steroid dienone is 5. The number of nitrogens with zero attached hydrogens (tertiary/aromatic N) is 1. The van der Waals surface area contributed by atoms with Gasteiger partial charge in [-0.15, -0.1) is 0 Å². The van der Waals surface area contributed by atoms with Crippen molar-refractivity contribution in [2.24, 2.45) is 0 Å². The van der Waals surface area contributed by atoms with Gasteiger partial charge in [-0.1, -0.05) is 30.4 Å². The highest BCUT2D eigenvalue weighted by Gasteiger charge is 1.91. The predicted molar refractivity (Wildman–Crippen MR) is 55.1 cm³/mol. The molecule has 0 unspecified atom stereocenters. The third kappa shape index (κ3) is 2.15. The Bertz CT molecular complexity index is 358. The predicted octanol–water partition coefficient (Wildman–Crippen LogP) is 2.98. The summed E-state index contributed by atoms with van der Waals surface area (Å²) in [5.74, 6) is 0. The molecule has 0 saturated heterocycles. The highest BCUT2D eigenvalue weighted by molar-refractivity contribution is 5.54. The molecule has 1 aromatic rings. The molecule has 13 heavy (non-hydrogen) atoms. The van der Waals surface area contributed by atoms with Gasteiger partial charge in [-0.25, -0.2) is 0 Å². The summed E-state index contributed by atoms with van der Waals surface area (Å²) in [4.78, 5) is 3.96. The Morgan fingerprint density at radius 1 is 1.15 bits per heavy atom. The second-order valence-corrected chi connectivity index (χ2v) is 2.96. The van der Waals surface area contributed by atoms with Crippen LogP contribution in [0.2, 0.25) is 0 Å². The fourth-order valence-electron chi connectivity index (χ4n) is 1.27. The van der Waals surface area contributed by atoms with Gasteiger partial charge in [0.05, 0.1) is 0 Å². The number of pyridine rings is 1. The van der Waals surface area contributed by atoms with Crippen LogP contribution >= 0.6 is 0 Å². The zero-order valence-corrected chi connectivity index (χ0v) is 7.35. The average Bonchev–Trinajstić information content (AvgIpc) is 2.69. The SMILES string of the molecule is C1=CC(/C=C/c2ccncc2)=CC1. The van der Waals surface area contributed by atoms with Gasteiger partial charge in [0.25, 0.3) is 0 Å². The molecule has 64 valence electrons. The summed E-state index contributed by atoms with van der Waals surface area (Å²) in [6.45, 7) is 0.